The maximum atomic E-state index is 12.2. The van der Waals surface area contributed by atoms with Crippen LogP contribution in [0.2, 0.25) is 10.0 Å². The molecule has 0 aliphatic heterocycles. The highest BCUT2D eigenvalue weighted by Gasteiger charge is 2.15. The Hall–Kier alpha value is -1.76. The zero-order chi connectivity index (χ0) is 16.3. The average Bonchev–Trinajstić information content (AvgIpc) is 2.43. The van der Waals surface area contributed by atoms with E-state index in [1.54, 1.807) is 24.3 Å². The molecule has 0 aromatic heterocycles. The second-order valence-electron chi connectivity index (χ2n) is 4.44. The van der Waals surface area contributed by atoms with Gasteiger partial charge in [0.1, 0.15) is 0 Å². The van der Waals surface area contributed by atoms with Gasteiger partial charge in [-0.3, -0.25) is 9.52 Å². The lowest BCUT2D eigenvalue weighted by Gasteiger charge is -2.09. The van der Waals surface area contributed by atoms with Crippen molar-refractivity contribution < 1.29 is 13.2 Å². The van der Waals surface area contributed by atoms with Crippen LogP contribution in [0.4, 0.5) is 11.4 Å². The van der Waals surface area contributed by atoms with Gasteiger partial charge in [-0.1, -0.05) is 23.2 Å². The number of anilines is 2. The summed E-state index contributed by atoms with van der Waals surface area (Å²) in [5.74, 6) is -0.205. The summed E-state index contributed by atoms with van der Waals surface area (Å²) >= 11 is 11.6. The van der Waals surface area contributed by atoms with Gasteiger partial charge >= 0.3 is 0 Å². The van der Waals surface area contributed by atoms with E-state index in [9.17, 15) is 13.2 Å². The van der Waals surface area contributed by atoms with Crippen molar-refractivity contribution in [1.82, 2.24) is 0 Å². The van der Waals surface area contributed by atoms with Crippen LogP contribution in [0.3, 0.4) is 0 Å². The summed E-state index contributed by atoms with van der Waals surface area (Å²) in [4.78, 5) is 10.9. The highest BCUT2D eigenvalue weighted by atomic mass is 35.5. The van der Waals surface area contributed by atoms with Crippen molar-refractivity contribution in [2.75, 3.05) is 10.0 Å². The molecule has 2 aromatic carbocycles. The summed E-state index contributed by atoms with van der Waals surface area (Å²) in [6.07, 6.45) is 0. The van der Waals surface area contributed by atoms with Crippen LogP contribution in [-0.4, -0.2) is 14.3 Å². The van der Waals surface area contributed by atoms with Crippen LogP contribution in [0.5, 0.6) is 0 Å². The van der Waals surface area contributed by atoms with Crippen molar-refractivity contribution in [1.29, 1.82) is 0 Å². The minimum absolute atomic E-state index is 0.00726. The van der Waals surface area contributed by atoms with Crippen molar-refractivity contribution in [3.05, 3.63) is 52.5 Å². The number of hydrogen-bond donors (Lipinski definition) is 2. The first-order valence-electron chi connectivity index (χ1n) is 6.13. The number of benzene rings is 2. The SMILES string of the molecule is CC(=O)Nc1ccc(NS(=O)(=O)c2ccc(Cl)c(Cl)c2)cc1. The van der Waals surface area contributed by atoms with Crippen molar-refractivity contribution in [3.63, 3.8) is 0 Å². The number of hydrogen-bond acceptors (Lipinski definition) is 3. The number of rotatable bonds is 4. The fraction of sp³-hybridized carbons (Fsp3) is 0.0714. The van der Waals surface area contributed by atoms with Crippen molar-refractivity contribution in [3.8, 4) is 0 Å². The topological polar surface area (TPSA) is 75.3 Å². The zero-order valence-corrected chi connectivity index (χ0v) is 13.8. The van der Waals surface area contributed by atoms with Crippen LogP contribution in [0.15, 0.2) is 47.4 Å². The summed E-state index contributed by atoms with van der Waals surface area (Å²) in [7, 11) is -3.77. The molecule has 2 N–H and O–H groups in total. The van der Waals surface area contributed by atoms with Gasteiger partial charge in [0.15, 0.2) is 0 Å². The highest BCUT2D eigenvalue weighted by Crippen LogP contribution is 2.26. The molecular weight excluding hydrogens is 347 g/mol. The minimum Gasteiger partial charge on any atom is -0.326 e. The van der Waals surface area contributed by atoms with Crippen LogP contribution >= 0.6 is 23.2 Å². The van der Waals surface area contributed by atoms with E-state index < -0.39 is 10.0 Å². The lowest BCUT2D eigenvalue weighted by Crippen LogP contribution is -2.13. The number of nitrogens with one attached hydrogen (secondary N) is 2. The van der Waals surface area contributed by atoms with Crippen molar-refractivity contribution >= 4 is 50.5 Å². The Labute approximate surface area is 138 Å². The molecule has 116 valence electrons. The number of carbonyl (C=O) groups is 1. The molecule has 2 aromatic rings. The third kappa shape index (κ3) is 4.13. The van der Waals surface area contributed by atoms with Gasteiger partial charge in [-0.05, 0) is 42.5 Å². The van der Waals surface area contributed by atoms with E-state index in [-0.39, 0.29) is 20.8 Å². The molecule has 0 heterocycles. The van der Waals surface area contributed by atoms with E-state index >= 15 is 0 Å². The summed E-state index contributed by atoms with van der Waals surface area (Å²) in [6, 6.07) is 10.3. The molecule has 22 heavy (non-hydrogen) atoms. The van der Waals surface area contributed by atoms with E-state index in [1.165, 1.54) is 25.1 Å². The van der Waals surface area contributed by atoms with E-state index in [0.29, 0.717) is 11.4 Å². The second kappa shape index (κ2) is 6.56. The maximum Gasteiger partial charge on any atom is 0.261 e. The molecule has 0 bridgehead atoms. The first-order chi connectivity index (χ1) is 10.3. The third-order valence-electron chi connectivity index (χ3n) is 2.66. The molecule has 0 fully saturated rings. The molecule has 2 rings (SSSR count). The molecule has 0 unspecified atom stereocenters. The third-order valence-corrected chi connectivity index (χ3v) is 4.78. The smallest absolute Gasteiger partial charge is 0.261 e. The molecule has 0 atom stereocenters. The predicted molar refractivity (Wildman–Crippen MR) is 88.0 cm³/mol. The van der Waals surface area contributed by atoms with Gasteiger partial charge in [0.25, 0.3) is 10.0 Å². The van der Waals surface area contributed by atoms with Gasteiger partial charge in [0.2, 0.25) is 5.91 Å². The molecule has 0 aliphatic rings. The number of amides is 1. The van der Waals surface area contributed by atoms with Crippen molar-refractivity contribution in [2.24, 2.45) is 0 Å². The van der Waals surface area contributed by atoms with Crippen LogP contribution < -0.4 is 10.0 Å². The van der Waals surface area contributed by atoms with Gasteiger partial charge in [-0.2, -0.15) is 0 Å². The van der Waals surface area contributed by atoms with Crippen LogP contribution in [-0.2, 0) is 14.8 Å². The Kier molecular flexibility index (Phi) is 4.95. The number of halogens is 2. The van der Waals surface area contributed by atoms with Gasteiger partial charge < -0.3 is 5.32 Å². The lowest BCUT2D eigenvalue weighted by molar-refractivity contribution is -0.114. The van der Waals surface area contributed by atoms with Gasteiger partial charge in [0.05, 0.1) is 14.9 Å². The summed E-state index contributed by atoms with van der Waals surface area (Å²) < 4.78 is 26.9. The Bertz CT molecular complexity index is 805. The molecule has 8 heteroatoms. The highest BCUT2D eigenvalue weighted by molar-refractivity contribution is 7.92. The molecule has 0 saturated heterocycles. The molecule has 0 radical (unpaired) electrons. The molecule has 0 spiro atoms. The van der Waals surface area contributed by atoms with Crippen LogP contribution in [0.1, 0.15) is 6.92 Å². The molecule has 0 aliphatic carbocycles. The number of carbonyl (C=O) groups excluding carboxylic acids is 1. The van der Waals surface area contributed by atoms with Crippen LogP contribution in [0.25, 0.3) is 0 Å². The first kappa shape index (κ1) is 16.6. The normalized spacial score (nSPS) is 11.0. The Morgan fingerprint density at radius 2 is 1.55 bits per heavy atom. The number of sulfonamides is 1. The van der Waals surface area contributed by atoms with E-state index in [4.69, 9.17) is 23.2 Å². The van der Waals surface area contributed by atoms with E-state index in [0.717, 1.165) is 0 Å². The standard InChI is InChI=1S/C14H12Cl2N2O3S/c1-9(19)17-10-2-4-11(5-3-10)18-22(20,21)12-6-7-13(15)14(16)8-12/h2-8,18H,1H3,(H,17,19). The maximum absolute atomic E-state index is 12.2. The molecule has 1 amide bonds. The van der Waals surface area contributed by atoms with Gasteiger partial charge in [0, 0.05) is 18.3 Å². The lowest BCUT2D eigenvalue weighted by atomic mass is 10.3. The Balaban J connectivity index is 2.21. The largest absolute Gasteiger partial charge is 0.326 e. The zero-order valence-electron chi connectivity index (χ0n) is 11.4. The van der Waals surface area contributed by atoms with Crippen LogP contribution in [0, 0.1) is 0 Å². The fourth-order valence-electron chi connectivity index (χ4n) is 1.68. The summed E-state index contributed by atoms with van der Waals surface area (Å²) in [5.41, 5.74) is 0.935. The Morgan fingerprint density at radius 1 is 0.955 bits per heavy atom. The summed E-state index contributed by atoms with van der Waals surface area (Å²) in [5, 5.41) is 3.03. The summed E-state index contributed by atoms with van der Waals surface area (Å²) in [6.45, 7) is 1.39. The molecule has 0 saturated carbocycles. The minimum atomic E-state index is -3.77. The average molecular weight is 359 g/mol. The molecular formula is C14H12Cl2N2O3S. The van der Waals surface area contributed by atoms with Gasteiger partial charge in [-0.25, -0.2) is 8.42 Å². The predicted octanol–water partition coefficient (Wildman–Crippen LogP) is 3.75. The quantitative estimate of drug-likeness (QED) is 0.873. The van der Waals surface area contributed by atoms with Crippen molar-refractivity contribution in [2.45, 2.75) is 11.8 Å². The van der Waals surface area contributed by atoms with E-state index in [2.05, 4.69) is 10.0 Å². The first-order valence-corrected chi connectivity index (χ1v) is 8.37. The molecule has 5 nitrogen and oxygen atoms in total. The second-order valence-corrected chi connectivity index (χ2v) is 6.94. The van der Waals surface area contributed by atoms with E-state index in [1.807, 2.05) is 0 Å². The monoisotopic (exact) mass is 358 g/mol. The fourth-order valence-corrected chi connectivity index (χ4v) is 3.13. The Morgan fingerprint density at radius 3 is 2.09 bits per heavy atom. The van der Waals surface area contributed by atoms with Gasteiger partial charge in [-0.15, -0.1) is 0 Å².